The molecule has 0 aromatic heterocycles. The standard InChI is InChI=1S/C20H16BrNO4S/c1-2-26-20(25)17-18(24)16(11-12-8-9-14(21)15(23)10-12)27-19(17)22-13-6-4-3-5-7-13/h3-11,23-24H,2H2,1H3/b16-11-,22-19?. The molecule has 0 fully saturated rings. The minimum absolute atomic E-state index is 0.0401. The van der Waals surface area contributed by atoms with Crippen molar-refractivity contribution in [3.05, 3.63) is 74.8 Å². The smallest absolute Gasteiger partial charge is 0.344 e. The van der Waals surface area contributed by atoms with Crippen LogP contribution >= 0.6 is 27.7 Å². The zero-order chi connectivity index (χ0) is 19.4. The van der Waals surface area contributed by atoms with Gasteiger partial charge in [0.1, 0.15) is 22.1 Å². The lowest BCUT2D eigenvalue weighted by molar-refractivity contribution is -0.138. The van der Waals surface area contributed by atoms with Crippen LogP contribution in [-0.2, 0) is 9.53 Å². The molecule has 0 amide bonds. The second kappa shape index (κ2) is 8.45. The fraction of sp³-hybridized carbons (Fsp3) is 0.100. The maximum Gasteiger partial charge on any atom is 0.344 e. The lowest BCUT2D eigenvalue weighted by Crippen LogP contribution is -2.12. The average Bonchev–Trinajstić information content (AvgIpc) is 2.94. The molecule has 0 bridgehead atoms. The summed E-state index contributed by atoms with van der Waals surface area (Å²) in [5, 5.41) is 20.8. The number of phenols is 1. The maximum absolute atomic E-state index is 12.3. The Morgan fingerprint density at radius 1 is 1.22 bits per heavy atom. The molecule has 27 heavy (non-hydrogen) atoms. The van der Waals surface area contributed by atoms with Crippen LogP contribution in [0, 0.1) is 0 Å². The SMILES string of the molecule is CCOC(=O)C1=C(O)/C(=C/c2ccc(Br)c(O)c2)SC1=Nc1ccccc1. The van der Waals surface area contributed by atoms with Crippen LogP contribution in [0.5, 0.6) is 5.75 Å². The van der Waals surface area contributed by atoms with Crippen LogP contribution in [0.3, 0.4) is 0 Å². The van der Waals surface area contributed by atoms with Crippen molar-refractivity contribution < 1.29 is 19.7 Å². The number of hydrogen-bond donors (Lipinski definition) is 2. The molecule has 1 aliphatic rings. The van der Waals surface area contributed by atoms with Gasteiger partial charge in [-0.3, -0.25) is 0 Å². The van der Waals surface area contributed by atoms with Crippen LogP contribution < -0.4 is 0 Å². The van der Waals surface area contributed by atoms with Crippen LogP contribution in [0.2, 0.25) is 0 Å². The Hall–Kier alpha value is -2.51. The Bertz CT molecular complexity index is 967. The topological polar surface area (TPSA) is 79.1 Å². The molecule has 0 spiro atoms. The number of aliphatic hydroxyl groups excluding tert-OH is 1. The number of aliphatic imine (C=N–C) groups is 1. The number of halogens is 1. The number of carbonyl (C=O) groups excluding carboxylic acids is 1. The summed E-state index contributed by atoms with van der Waals surface area (Å²) in [5.74, 6) is -0.727. The van der Waals surface area contributed by atoms with Gasteiger partial charge in [-0.25, -0.2) is 9.79 Å². The number of para-hydroxylation sites is 1. The second-order valence-electron chi connectivity index (χ2n) is 5.52. The number of hydrogen-bond acceptors (Lipinski definition) is 6. The molecule has 0 unspecified atom stereocenters. The first-order chi connectivity index (χ1) is 13.0. The van der Waals surface area contributed by atoms with E-state index in [-0.39, 0.29) is 23.7 Å². The van der Waals surface area contributed by atoms with Crippen molar-refractivity contribution in [1.82, 2.24) is 0 Å². The number of phenolic OH excluding ortho intramolecular Hbond substituents is 1. The van der Waals surface area contributed by atoms with E-state index in [4.69, 9.17) is 4.74 Å². The summed E-state index contributed by atoms with van der Waals surface area (Å²) in [6.45, 7) is 1.89. The lowest BCUT2D eigenvalue weighted by atomic mass is 10.1. The predicted molar refractivity (Wildman–Crippen MR) is 111 cm³/mol. The second-order valence-corrected chi connectivity index (χ2v) is 7.40. The first-order valence-electron chi connectivity index (χ1n) is 8.12. The number of nitrogens with zero attached hydrogens (tertiary/aromatic N) is 1. The molecule has 2 N–H and O–H groups in total. The van der Waals surface area contributed by atoms with Crippen LogP contribution in [0.15, 0.2) is 74.2 Å². The third-order valence-corrected chi connectivity index (χ3v) is 5.32. The van der Waals surface area contributed by atoms with Gasteiger partial charge < -0.3 is 14.9 Å². The van der Waals surface area contributed by atoms with Crippen LogP contribution in [0.4, 0.5) is 5.69 Å². The maximum atomic E-state index is 12.3. The Morgan fingerprint density at radius 3 is 2.63 bits per heavy atom. The van der Waals surface area contributed by atoms with Crippen molar-refractivity contribution in [3.63, 3.8) is 0 Å². The highest BCUT2D eigenvalue weighted by atomic mass is 79.9. The number of aromatic hydroxyl groups is 1. The van der Waals surface area contributed by atoms with Gasteiger partial charge in [0.15, 0.2) is 0 Å². The minimum Gasteiger partial charge on any atom is -0.507 e. The van der Waals surface area contributed by atoms with Gasteiger partial charge >= 0.3 is 5.97 Å². The zero-order valence-electron chi connectivity index (χ0n) is 14.3. The van der Waals surface area contributed by atoms with Crippen molar-refractivity contribution in [3.8, 4) is 5.75 Å². The van der Waals surface area contributed by atoms with Crippen LogP contribution in [-0.4, -0.2) is 27.8 Å². The first kappa shape index (κ1) is 19.3. The van der Waals surface area contributed by atoms with Gasteiger partial charge in [0.05, 0.1) is 21.7 Å². The van der Waals surface area contributed by atoms with Gasteiger partial charge in [0.25, 0.3) is 0 Å². The molecule has 2 aromatic carbocycles. The third-order valence-electron chi connectivity index (χ3n) is 3.63. The van der Waals surface area contributed by atoms with E-state index >= 15 is 0 Å². The lowest BCUT2D eigenvalue weighted by Gasteiger charge is -2.03. The molecule has 0 aliphatic carbocycles. The summed E-state index contributed by atoms with van der Waals surface area (Å²) in [6, 6.07) is 14.2. The van der Waals surface area contributed by atoms with E-state index in [2.05, 4.69) is 20.9 Å². The Labute approximate surface area is 169 Å². The molecule has 5 nitrogen and oxygen atoms in total. The largest absolute Gasteiger partial charge is 0.507 e. The van der Waals surface area contributed by atoms with Gasteiger partial charge in [0, 0.05) is 0 Å². The van der Waals surface area contributed by atoms with Crippen molar-refractivity contribution in [2.75, 3.05) is 6.61 Å². The number of thioether (sulfide) groups is 1. The molecule has 0 saturated carbocycles. The Kier molecular flexibility index (Phi) is 6.03. The summed E-state index contributed by atoms with van der Waals surface area (Å²) >= 11 is 4.41. The first-order valence-corrected chi connectivity index (χ1v) is 9.73. The van der Waals surface area contributed by atoms with Gasteiger partial charge in [-0.05, 0) is 58.8 Å². The van der Waals surface area contributed by atoms with E-state index in [1.54, 1.807) is 31.2 Å². The van der Waals surface area contributed by atoms with Gasteiger partial charge in [-0.2, -0.15) is 0 Å². The number of rotatable bonds is 4. The van der Waals surface area contributed by atoms with Crippen LogP contribution in [0.25, 0.3) is 6.08 Å². The number of esters is 1. The van der Waals surface area contributed by atoms with Gasteiger partial charge in [-0.15, -0.1) is 0 Å². The fourth-order valence-corrected chi connectivity index (χ4v) is 3.66. The molecule has 2 aromatic rings. The fourth-order valence-electron chi connectivity index (χ4n) is 2.38. The molecule has 1 aliphatic heterocycles. The highest BCUT2D eigenvalue weighted by Gasteiger charge is 2.33. The number of carbonyl (C=O) groups is 1. The number of ether oxygens (including phenoxy) is 1. The molecule has 0 atom stereocenters. The molecule has 0 radical (unpaired) electrons. The predicted octanol–water partition coefficient (Wildman–Crippen LogP) is 5.35. The van der Waals surface area contributed by atoms with Gasteiger partial charge in [0.2, 0.25) is 0 Å². The summed E-state index contributed by atoms with van der Waals surface area (Å²) in [7, 11) is 0. The molecule has 1 heterocycles. The van der Waals surface area contributed by atoms with Gasteiger partial charge in [-0.1, -0.05) is 36.0 Å². The van der Waals surface area contributed by atoms with E-state index < -0.39 is 5.97 Å². The molecular weight excluding hydrogens is 430 g/mol. The Balaban J connectivity index is 2.04. The molecular formula is C20H16BrNO4S. The molecule has 138 valence electrons. The van der Waals surface area contributed by atoms with E-state index in [1.807, 2.05) is 30.3 Å². The minimum atomic E-state index is -0.626. The molecule has 0 saturated heterocycles. The summed E-state index contributed by atoms with van der Waals surface area (Å²) in [5.41, 5.74) is 1.38. The summed E-state index contributed by atoms with van der Waals surface area (Å²) < 4.78 is 5.64. The van der Waals surface area contributed by atoms with Crippen molar-refractivity contribution in [2.24, 2.45) is 4.99 Å². The third kappa shape index (κ3) is 4.43. The highest BCUT2D eigenvalue weighted by molar-refractivity contribution is 9.10. The van der Waals surface area contributed by atoms with E-state index in [1.165, 1.54) is 11.8 Å². The van der Waals surface area contributed by atoms with Crippen molar-refractivity contribution in [1.29, 1.82) is 0 Å². The Morgan fingerprint density at radius 2 is 1.96 bits per heavy atom. The number of benzene rings is 2. The van der Waals surface area contributed by atoms with Crippen molar-refractivity contribution >= 4 is 50.5 Å². The van der Waals surface area contributed by atoms with Crippen molar-refractivity contribution in [2.45, 2.75) is 6.92 Å². The summed E-state index contributed by atoms with van der Waals surface area (Å²) in [4.78, 5) is 17.3. The molecule has 7 heteroatoms. The average molecular weight is 446 g/mol. The monoisotopic (exact) mass is 445 g/mol. The normalized spacial score (nSPS) is 17.0. The quantitative estimate of drug-likeness (QED) is 0.620. The number of aliphatic hydroxyl groups is 1. The zero-order valence-corrected chi connectivity index (χ0v) is 16.8. The van der Waals surface area contributed by atoms with Crippen LogP contribution in [0.1, 0.15) is 12.5 Å². The molecule has 3 rings (SSSR count). The highest BCUT2D eigenvalue weighted by Crippen LogP contribution is 2.40. The van der Waals surface area contributed by atoms with E-state index in [9.17, 15) is 15.0 Å². The van der Waals surface area contributed by atoms with E-state index in [0.717, 1.165) is 0 Å². The summed E-state index contributed by atoms with van der Waals surface area (Å²) in [6.07, 6.45) is 1.68. The van der Waals surface area contributed by atoms with E-state index in [0.29, 0.717) is 25.7 Å².